The van der Waals surface area contributed by atoms with Crippen molar-refractivity contribution in [2.45, 2.75) is 13.0 Å². The van der Waals surface area contributed by atoms with Crippen LogP contribution in [-0.4, -0.2) is 19.6 Å². The van der Waals surface area contributed by atoms with Crippen molar-refractivity contribution in [1.29, 1.82) is 0 Å². The molecule has 1 aliphatic rings. The third kappa shape index (κ3) is 0.428. The molecule has 0 bridgehead atoms. The molecule has 2 atom stereocenters. The van der Waals surface area contributed by atoms with Gasteiger partial charge in [-0.1, -0.05) is 0 Å². The lowest BCUT2D eigenvalue weighted by Gasteiger charge is -1.61. The normalized spacial score (nSPS) is 49.2. The highest BCUT2D eigenvalue weighted by atomic mass is 15.3. The molecule has 1 saturated heterocycles. The van der Waals surface area contributed by atoms with E-state index in [0.717, 1.165) is 6.04 Å². The highest BCUT2D eigenvalue weighted by molar-refractivity contribution is 4.86. The Bertz CT molecular complexity index is 36.9. The zero-order valence-corrected chi connectivity index (χ0v) is 3.73. The molecule has 0 aliphatic carbocycles. The van der Waals surface area contributed by atoms with E-state index in [4.69, 9.17) is 0 Å². The van der Waals surface area contributed by atoms with Crippen LogP contribution in [0.15, 0.2) is 0 Å². The molecule has 29 valence electrons. The van der Waals surface area contributed by atoms with Crippen molar-refractivity contribution < 1.29 is 0 Å². The van der Waals surface area contributed by atoms with Crippen LogP contribution in [0.4, 0.5) is 0 Å². The fourth-order valence-electron chi connectivity index (χ4n) is 0.370. The van der Waals surface area contributed by atoms with Crippen LogP contribution >= 0.6 is 0 Å². The van der Waals surface area contributed by atoms with Crippen molar-refractivity contribution >= 4 is 0 Å². The van der Waals surface area contributed by atoms with Gasteiger partial charge >= 0.3 is 0 Å². The van der Waals surface area contributed by atoms with E-state index < -0.39 is 0 Å². The van der Waals surface area contributed by atoms with E-state index in [1.165, 1.54) is 6.54 Å². The molecule has 0 amide bonds. The van der Waals surface area contributed by atoms with Gasteiger partial charge in [-0.2, -0.15) is 4.90 Å². The number of rotatable bonds is 0. The summed E-state index contributed by atoms with van der Waals surface area (Å²) in [6.07, 6.45) is 0. The van der Waals surface area contributed by atoms with E-state index >= 15 is 0 Å². The minimum atomic E-state index is 0.884. The first kappa shape index (κ1) is 3.16. The lowest BCUT2D eigenvalue weighted by atomic mass is 10.6. The summed E-state index contributed by atoms with van der Waals surface area (Å²) < 4.78 is 0. The summed E-state index contributed by atoms with van der Waals surface area (Å²) in [5.41, 5.74) is 0. The lowest BCUT2D eigenvalue weighted by Crippen LogP contribution is -1.92. The van der Waals surface area contributed by atoms with E-state index in [1.54, 1.807) is 0 Å². The Morgan fingerprint density at radius 2 is 2.00 bits per heavy atom. The summed E-state index contributed by atoms with van der Waals surface area (Å²) in [5.74, 6) is 0. The Morgan fingerprint density at radius 3 is 2.00 bits per heavy atom. The molecule has 1 heteroatoms. The summed E-state index contributed by atoms with van der Waals surface area (Å²) in [5, 5.41) is 0. The third-order valence-corrected chi connectivity index (χ3v) is 1.17. The lowest BCUT2D eigenvalue weighted by molar-refractivity contribution is 0.814. The Hall–Kier alpha value is -0.0400. The standard InChI is InChI=1S/C4H9N/c1-4-3-5(4)2/h4H,3H2,1-2H3/q+1. The summed E-state index contributed by atoms with van der Waals surface area (Å²) in [6.45, 7) is 3.53. The summed E-state index contributed by atoms with van der Waals surface area (Å²) in [4.78, 5) is 2.29. The van der Waals surface area contributed by atoms with Crippen LogP contribution in [0.3, 0.4) is 0 Å². The predicted octanol–water partition coefficient (Wildman–Crippen LogP) is 0.158. The average molecular weight is 71.1 g/mol. The maximum Gasteiger partial charge on any atom is 0.183 e. The molecule has 1 fully saturated rings. The van der Waals surface area contributed by atoms with E-state index in [9.17, 15) is 0 Å². The van der Waals surface area contributed by atoms with Crippen molar-refractivity contribution in [2.24, 2.45) is 0 Å². The van der Waals surface area contributed by atoms with Gasteiger partial charge in [0.15, 0.2) is 12.6 Å². The van der Waals surface area contributed by atoms with Crippen molar-refractivity contribution in [2.75, 3.05) is 13.6 Å². The van der Waals surface area contributed by atoms with Gasteiger partial charge in [0.1, 0.15) is 7.05 Å². The molecule has 0 saturated carbocycles. The van der Waals surface area contributed by atoms with Crippen molar-refractivity contribution in [3.05, 3.63) is 0 Å². The molecular formula is C4H9N+. The first-order chi connectivity index (χ1) is 2.30. The smallest absolute Gasteiger partial charge is 0.159 e. The molecule has 0 N–H and O–H groups in total. The Kier molecular flexibility index (Phi) is 0.453. The van der Waals surface area contributed by atoms with E-state index in [1.807, 2.05) is 0 Å². The fraction of sp³-hybridized carbons (Fsp3) is 1.00. The molecule has 1 radical (unpaired) electrons. The van der Waals surface area contributed by atoms with Gasteiger partial charge in [0, 0.05) is 0 Å². The Labute approximate surface area is 32.6 Å². The first-order valence-electron chi connectivity index (χ1n) is 2.01. The van der Waals surface area contributed by atoms with Crippen LogP contribution in [0.2, 0.25) is 0 Å². The van der Waals surface area contributed by atoms with Gasteiger partial charge in [0.25, 0.3) is 0 Å². The van der Waals surface area contributed by atoms with Crippen molar-refractivity contribution in [3.8, 4) is 0 Å². The van der Waals surface area contributed by atoms with Crippen LogP contribution in [-0.2, 0) is 0 Å². The highest BCUT2D eigenvalue weighted by Crippen LogP contribution is 2.05. The molecule has 1 rings (SSSR count). The molecular weight excluding hydrogens is 62.1 g/mol. The second-order valence-electron chi connectivity index (χ2n) is 1.79. The number of likely N-dealkylation sites (N-methyl/N-ethyl adjacent to an activating group) is 1. The number of hydrogen-bond donors (Lipinski definition) is 0. The van der Waals surface area contributed by atoms with Gasteiger partial charge in [0.05, 0.1) is 0 Å². The maximum absolute atomic E-state index is 2.29. The van der Waals surface area contributed by atoms with E-state index in [0.29, 0.717) is 0 Å². The molecule has 0 aromatic carbocycles. The average Bonchev–Trinajstić information content (AvgIpc) is 1.79. The topological polar surface area (TPSA) is 5.90 Å². The molecule has 0 aromatic rings. The molecule has 0 spiro atoms. The molecule has 1 aliphatic heterocycles. The monoisotopic (exact) mass is 71.1 g/mol. The second kappa shape index (κ2) is 0.716. The molecule has 0 aromatic heterocycles. The summed E-state index contributed by atoms with van der Waals surface area (Å²) in [7, 11) is 2.13. The van der Waals surface area contributed by atoms with Gasteiger partial charge in [-0.25, -0.2) is 0 Å². The largest absolute Gasteiger partial charge is 0.183 e. The van der Waals surface area contributed by atoms with Crippen LogP contribution < -0.4 is 4.90 Å². The van der Waals surface area contributed by atoms with E-state index in [2.05, 4.69) is 18.9 Å². The van der Waals surface area contributed by atoms with Gasteiger partial charge in [-0.3, -0.25) is 0 Å². The number of hydrogen-bond acceptors (Lipinski definition) is 1. The number of nitrogens with zero attached hydrogens (tertiary/aromatic N) is 1. The van der Waals surface area contributed by atoms with Crippen LogP contribution in [0.25, 0.3) is 0 Å². The van der Waals surface area contributed by atoms with Gasteiger partial charge in [-0.05, 0) is 6.92 Å². The molecule has 1 heterocycles. The fourth-order valence-corrected chi connectivity index (χ4v) is 0.370. The van der Waals surface area contributed by atoms with Crippen LogP contribution in [0.1, 0.15) is 6.92 Å². The van der Waals surface area contributed by atoms with Gasteiger partial charge in [0.2, 0.25) is 0 Å². The Balaban J connectivity index is 2.20. The zero-order chi connectivity index (χ0) is 3.86. The molecule has 5 heavy (non-hydrogen) atoms. The predicted molar refractivity (Wildman–Crippen MR) is 22.4 cm³/mol. The summed E-state index contributed by atoms with van der Waals surface area (Å²) >= 11 is 0. The van der Waals surface area contributed by atoms with Crippen molar-refractivity contribution in [1.82, 2.24) is 4.90 Å². The highest BCUT2D eigenvalue weighted by Gasteiger charge is 2.37. The third-order valence-electron chi connectivity index (χ3n) is 1.17. The van der Waals surface area contributed by atoms with Gasteiger partial charge < -0.3 is 0 Å². The van der Waals surface area contributed by atoms with Gasteiger partial charge in [-0.15, -0.1) is 0 Å². The van der Waals surface area contributed by atoms with Crippen molar-refractivity contribution in [3.63, 3.8) is 0 Å². The maximum atomic E-state index is 2.29. The first-order valence-corrected chi connectivity index (χ1v) is 2.01. The minimum absolute atomic E-state index is 0.884. The molecule has 2 unspecified atom stereocenters. The quantitative estimate of drug-likeness (QED) is 0.283. The summed E-state index contributed by atoms with van der Waals surface area (Å²) in [6, 6.07) is 0.884. The van der Waals surface area contributed by atoms with E-state index in [-0.39, 0.29) is 0 Å². The molecule has 1 nitrogen and oxygen atoms in total. The van der Waals surface area contributed by atoms with Crippen LogP contribution in [0, 0.1) is 0 Å². The second-order valence-corrected chi connectivity index (χ2v) is 1.79. The zero-order valence-electron chi connectivity index (χ0n) is 3.73. The Morgan fingerprint density at radius 1 is 1.80 bits per heavy atom. The van der Waals surface area contributed by atoms with Crippen LogP contribution in [0.5, 0.6) is 0 Å². The SMILES string of the molecule is CC1C[N+]1C. The minimum Gasteiger partial charge on any atom is -0.159 e.